The molecule has 0 saturated heterocycles. The minimum Gasteiger partial charge on any atom is -1.00 e. The van der Waals surface area contributed by atoms with E-state index in [1.807, 2.05) is 0 Å². The molecule has 0 rings (SSSR count). The number of alkyl halides is 3. The fraction of sp³-hybridized carbons (Fsp3) is 0.500. The quantitative estimate of drug-likeness (QED) is 0.318. The minimum absolute atomic E-state index is 0. The average Bonchev–Trinajstić information content (AvgIpc) is 1.31. The maximum Gasteiger partial charge on any atom is 4.00 e. The monoisotopic (exact) mass is 488 g/mol. The molecule has 0 aliphatic rings. The van der Waals surface area contributed by atoms with E-state index in [2.05, 4.69) is 0 Å². The number of carboxylic acids is 1. The van der Waals surface area contributed by atoms with Crippen molar-refractivity contribution in [3.63, 3.8) is 0 Å². The number of hydrogen-bond donors (Lipinski definition) is 0. The summed E-state index contributed by atoms with van der Waals surface area (Å²) in [5.41, 5.74) is 0. The predicted molar refractivity (Wildman–Crippen MR) is 11.1 cm³/mol. The van der Waals surface area contributed by atoms with Gasteiger partial charge in [-0.2, -0.15) is 13.2 Å². The molecule has 13 heavy (non-hydrogen) atoms. The van der Waals surface area contributed by atoms with E-state index in [0.717, 1.165) is 0 Å². The van der Waals surface area contributed by atoms with Crippen molar-refractivity contribution >= 4 is 5.97 Å². The van der Waals surface area contributed by atoms with E-state index in [4.69, 9.17) is 9.90 Å². The van der Waals surface area contributed by atoms with Crippen LogP contribution < -0.4 is 124 Å². The smallest absolute Gasteiger partial charge is 1.00 e. The molecule has 0 aromatic rings. The Balaban J connectivity index is -0.0000000120. The zero-order chi connectivity index (χ0) is 6.08. The maximum absolute atomic E-state index is 10.5. The van der Waals surface area contributed by atoms with Gasteiger partial charge in [0.25, 0.3) is 0 Å². The number of hydrogen-bond acceptors (Lipinski definition) is 2. The molecule has 0 atom stereocenters. The van der Waals surface area contributed by atoms with E-state index in [0.29, 0.717) is 0 Å². The second-order valence-electron chi connectivity index (χ2n) is 0.785. The Morgan fingerprint density at radius 2 is 1.08 bits per heavy atom. The summed E-state index contributed by atoms with van der Waals surface area (Å²) < 4.78 is 31.5. The largest absolute Gasteiger partial charge is 4.00 e. The summed E-state index contributed by atoms with van der Waals surface area (Å²) in [6, 6.07) is 0. The summed E-state index contributed by atoms with van der Waals surface area (Å²) in [4.78, 5) is 8.78. The topological polar surface area (TPSA) is 40.1 Å². The van der Waals surface area contributed by atoms with E-state index in [9.17, 15) is 13.2 Å². The van der Waals surface area contributed by atoms with Gasteiger partial charge in [0, 0.05) is 0 Å². The van der Waals surface area contributed by atoms with Crippen LogP contribution >= 0.6 is 0 Å². The number of carbonyl (C=O) groups excluding carboxylic acids is 1. The van der Waals surface area contributed by atoms with Gasteiger partial charge in [-0.25, -0.2) is 0 Å². The molecule has 0 bridgehead atoms. The first kappa shape index (κ1) is 44.3. The van der Waals surface area contributed by atoms with Gasteiger partial charge in [0.15, 0.2) is 0 Å². The van der Waals surface area contributed by atoms with Crippen molar-refractivity contribution in [1.29, 1.82) is 0 Å². The summed E-state index contributed by atoms with van der Waals surface area (Å²) in [5.74, 6) is -3.01. The van der Waals surface area contributed by atoms with Gasteiger partial charge < -0.3 is 59.5 Å². The third kappa shape index (κ3) is 31.3. The normalized spacial score (nSPS) is 6.08. The van der Waals surface area contributed by atoms with Gasteiger partial charge in [-0.05, 0) is 0 Å². The second-order valence-corrected chi connectivity index (χ2v) is 0.785. The Kier molecular flexibility index (Phi) is 69.9. The number of rotatable bonds is 0. The summed E-state index contributed by atoms with van der Waals surface area (Å²) in [7, 11) is 0. The van der Waals surface area contributed by atoms with Crippen LogP contribution in [0.3, 0.4) is 0 Å². The minimum atomic E-state index is -5.19. The van der Waals surface area contributed by atoms with Crippen LogP contribution in [0.5, 0.6) is 0 Å². The molecule has 78 valence electrons. The van der Waals surface area contributed by atoms with E-state index in [-0.39, 0.29) is 138 Å². The summed E-state index contributed by atoms with van der Waals surface area (Å²) >= 11 is 0. The zero-order valence-corrected chi connectivity index (χ0v) is 16.9. The number of halogens is 7. The van der Waals surface area contributed by atoms with Gasteiger partial charge in [0.05, 0.1) is 0 Å². The van der Waals surface area contributed by atoms with E-state index in [1.54, 1.807) is 0 Å². The van der Waals surface area contributed by atoms with Gasteiger partial charge in [-0.1, -0.05) is 0 Å². The Morgan fingerprint density at radius 3 is 1.08 bits per heavy atom. The standard InChI is InChI=1S/C2HF3O2.4ClH.Cs.Ru/c3-2(4,5)1(6)7;;;;;;/h(H,6,7);4*1H;;/q;;;;;+1;+4/p-5. The molecule has 0 amide bonds. The van der Waals surface area contributed by atoms with Crippen molar-refractivity contribution < 1.29 is 161 Å². The van der Waals surface area contributed by atoms with Crippen LogP contribution in [-0.2, 0) is 24.3 Å². The number of carbonyl (C=O) groups is 1. The van der Waals surface area contributed by atoms with Crippen LogP contribution in [0.25, 0.3) is 0 Å². The molecule has 0 aromatic heterocycles. The molecule has 0 radical (unpaired) electrons. The molecule has 0 heterocycles. The summed E-state index contributed by atoms with van der Waals surface area (Å²) in [5, 5.41) is 8.78. The van der Waals surface area contributed by atoms with Crippen LogP contribution in [0.2, 0.25) is 0 Å². The molecule has 0 N–H and O–H groups in total. The third-order valence-electron chi connectivity index (χ3n) is 0.231. The van der Waals surface area contributed by atoms with Gasteiger partial charge in [-0.15, -0.1) is 0 Å². The number of aliphatic carboxylic acids is 1. The molecule has 0 aromatic carbocycles. The molecule has 0 fully saturated rings. The Bertz CT molecular complexity index is 104. The number of carboxylic acid groups (broad SMARTS) is 1. The van der Waals surface area contributed by atoms with Crippen LogP contribution in [-0.4, -0.2) is 12.1 Å². The summed E-state index contributed by atoms with van der Waals surface area (Å²) in [6.45, 7) is 0. The van der Waals surface area contributed by atoms with Crippen molar-refractivity contribution in [2.75, 3.05) is 0 Å². The Hall–Kier alpha value is 3.10. The average molecular weight is 489 g/mol. The fourth-order valence-electron chi connectivity index (χ4n) is 0. The fourth-order valence-corrected chi connectivity index (χ4v) is 0. The van der Waals surface area contributed by atoms with Gasteiger partial charge >= 0.3 is 94.5 Å². The molecule has 2 nitrogen and oxygen atoms in total. The van der Waals surface area contributed by atoms with E-state index < -0.39 is 12.1 Å². The SMILES string of the molecule is O=C([O-])C(F)(F)F.[Cl-].[Cl-].[Cl-].[Cl-].[Cs+].[Ru+4]. The van der Waals surface area contributed by atoms with Gasteiger partial charge in [-0.3, -0.25) is 0 Å². The van der Waals surface area contributed by atoms with Crippen LogP contribution in [0.15, 0.2) is 0 Å². The van der Waals surface area contributed by atoms with Crippen molar-refractivity contribution in [2.24, 2.45) is 0 Å². The molecule has 0 saturated carbocycles. The summed E-state index contributed by atoms with van der Waals surface area (Å²) in [6.07, 6.45) is -5.19. The molecule has 0 aliphatic carbocycles. The molecular weight excluding hydrogens is 489 g/mol. The van der Waals surface area contributed by atoms with Crippen molar-refractivity contribution in [3.8, 4) is 0 Å². The third-order valence-corrected chi connectivity index (χ3v) is 0.231. The molecule has 0 spiro atoms. The van der Waals surface area contributed by atoms with Crippen molar-refractivity contribution in [2.45, 2.75) is 6.18 Å². The van der Waals surface area contributed by atoms with Gasteiger partial charge in [0.2, 0.25) is 0 Å². The first-order chi connectivity index (χ1) is 2.94. The van der Waals surface area contributed by atoms with Crippen LogP contribution in [0, 0.1) is 0 Å². The predicted octanol–water partition coefficient (Wildman–Crippen LogP) is -15.7. The second kappa shape index (κ2) is 20.5. The van der Waals surface area contributed by atoms with E-state index >= 15 is 0 Å². The zero-order valence-electron chi connectivity index (χ0n) is 5.82. The molecule has 11 heteroatoms. The maximum atomic E-state index is 10.5. The molecule has 0 aliphatic heterocycles. The molecular formula is C2Cl4CsF3O2Ru. The Morgan fingerprint density at radius 1 is 1.00 bits per heavy atom. The van der Waals surface area contributed by atoms with Crippen molar-refractivity contribution in [3.05, 3.63) is 0 Å². The van der Waals surface area contributed by atoms with Crippen LogP contribution in [0.1, 0.15) is 0 Å². The Labute approximate surface area is 169 Å². The van der Waals surface area contributed by atoms with Gasteiger partial charge in [0.1, 0.15) is 5.97 Å². The van der Waals surface area contributed by atoms with Crippen LogP contribution in [0.4, 0.5) is 13.2 Å². The first-order valence-electron chi connectivity index (χ1n) is 1.23. The first-order valence-corrected chi connectivity index (χ1v) is 1.23. The van der Waals surface area contributed by atoms with Crippen molar-refractivity contribution in [1.82, 2.24) is 0 Å². The van der Waals surface area contributed by atoms with E-state index in [1.165, 1.54) is 0 Å². The molecule has 0 unspecified atom stereocenters.